The van der Waals surface area contributed by atoms with Crippen molar-refractivity contribution in [3.05, 3.63) is 40.1 Å². The number of rotatable bonds is 4. The number of anilines is 1. The van der Waals surface area contributed by atoms with Crippen molar-refractivity contribution < 1.29 is 19.2 Å². The summed E-state index contributed by atoms with van der Waals surface area (Å²) >= 11 is -2.12. The van der Waals surface area contributed by atoms with E-state index in [0.717, 1.165) is 44.2 Å². The summed E-state index contributed by atoms with van der Waals surface area (Å²) in [6, 6.07) is 1.65. The highest BCUT2D eigenvalue weighted by atomic mass is 32.2. The third-order valence-electron chi connectivity index (χ3n) is 6.62. The minimum absolute atomic E-state index is 0.116. The number of carbonyl (C=O) groups excluding carboxylic acids is 2. The molecule has 1 heterocycles. The number of likely N-dealkylation sites (tertiary alicyclic amines) is 1. The molecule has 33 heavy (non-hydrogen) atoms. The molecule has 1 fully saturated rings. The van der Waals surface area contributed by atoms with Crippen molar-refractivity contribution in [3.63, 3.8) is 0 Å². The van der Waals surface area contributed by atoms with Gasteiger partial charge in [0.25, 0.3) is 11.0 Å². The normalized spacial score (nSPS) is 19.0. The second kappa shape index (κ2) is 10.1. The number of amides is 3. The van der Waals surface area contributed by atoms with Gasteiger partial charge >= 0.3 is 6.03 Å². The molecule has 178 valence electrons. The number of nitrogens with zero attached hydrogens (tertiary/aromatic N) is 1. The van der Waals surface area contributed by atoms with Crippen LogP contribution < -0.4 is 15.4 Å². The zero-order valence-electron chi connectivity index (χ0n) is 18.8. The zero-order valence-corrected chi connectivity index (χ0v) is 19.6. The lowest BCUT2D eigenvalue weighted by molar-refractivity contribution is -0.129. The Kier molecular flexibility index (Phi) is 7.26. The van der Waals surface area contributed by atoms with Gasteiger partial charge in [0.1, 0.15) is 17.1 Å². The van der Waals surface area contributed by atoms with Crippen molar-refractivity contribution in [1.82, 2.24) is 14.9 Å². The number of hydrogen-bond donors (Lipinski definition) is 5. The lowest BCUT2D eigenvalue weighted by Gasteiger charge is -2.30. The highest BCUT2D eigenvalue weighted by Crippen LogP contribution is 2.38. The van der Waals surface area contributed by atoms with Gasteiger partial charge in [-0.05, 0) is 73.6 Å². The van der Waals surface area contributed by atoms with Crippen LogP contribution in [0.3, 0.4) is 0 Å². The van der Waals surface area contributed by atoms with E-state index in [0.29, 0.717) is 25.9 Å². The van der Waals surface area contributed by atoms with Crippen molar-refractivity contribution in [2.75, 3.05) is 25.5 Å². The van der Waals surface area contributed by atoms with Crippen LogP contribution >= 0.6 is 0 Å². The first kappa shape index (κ1) is 23.6. The minimum atomic E-state index is -2.12. The summed E-state index contributed by atoms with van der Waals surface area (Å²) in [7, 11) is 1.55. The second-order valence-electron chi connectivity index (χ2n) is 8.75. The van der Waals surface area contributed by atoms with Gasteiger partial charge in [0.2, 0.25) is 0 Å². The first-order valence-electron chi connectivity index (χ1n) is 11.5. The molecular weight excluding hydrogens is 442 g/mol. The Balaban J connectivity index is 1.40. The molecular formula is C23H31N5O4S. The maximum Gasteiger partial charge on any atom is 0.361 e. The van der Waals surface area contributed by atoms with Crippen LogP contribution in [0.5, 0.6) is 0 Å². The van der Waals surface area contributed by atoms with Gasteiger partial charge in [0, 0.05) is 31.9 Å². The summed E-state index contributed by atoms with van der Waals surface area (Å²) in [5.74, 6) is -0.328. The van der Waals surface area contributed by atoms with Crippen molar-refractivity contribution in [2.45, 2.75) is 57.5 Å². The molecule has 9 nitrogen and oxygen atoms in total. The summed E-state index contributed by atoms with van der Waals surface area (Å²) in [6.07, 6.45) is 7.76. The van der Waals surface area contributed by atoms with Crippen LogP contribution in [0.25, 0.3) is 0 Å². The minimum Gasteiger partial charge on any atom is -0.586 e. The van der Waals surface area contributed by atoms with Crippen LogP contribution in [-0.2, 0) is 41.8 Å². The number of fused-ring (bicyclic) bond motifs is 2. The molecule has 5 N–H and O–H groups in total. The Labute approximate surface area is 196 Å². The largest absolute Gasteiger partial charge is 0.586 e. The molecule has 1 aliphatic heterocycles. The van der Waals surface area contributed by atoms with E-state index in [2.05, 4.69) is 21.4 Å². The SMILES string of the molecule is CN/C(=C\C(=N)[S+]([O-])NC(=O)Nc1c2c(cc3c1CCC3)CCC2)C(=O)N1CCC(O)CC1. The van der Waals surface area contributed by atoms with E-state index in [4.69, 9.17) is 5.41 Å². The van der Waals surface area contributed by atoms with E-state index in [1.165, 1.54) is 28.3 Å². The van der Waals surface area contributed by atoms with Crippen LogP contribution in [-0.4, -0.2) is 57.8 Å². The third kappa shape index (κ3) is 5.18. The van der Waals surface area contributed by atoms with Crippen molar-refractivity contribution in [3.8, 4) is 0 Å². The fourth-order valence-electron chi connectivity index (χ4n) is 4.91. The summed E-state index contributed by atoms with van der Waals surface area (Å²) in [4.78, 5) is 26.9. The number of likely N-dealkylation sites (N-methyl/N-ethyl adjacent to an activating group) is 1. The summed E-state index contributed by atoms with van der Waals surface area (Å²) in [5, 5.41) is 23.0. The number of piperidine rings is 1. The number of aryl methyl sites for hydroxylation is 2. The van der Waals surface area contributed by atoms with Gasteiger partial charge in [-0.15, -0.1) is 4.72 Å². The Hall–Kier alpha value is -2.56. The number of aliphatic hydroxyl groups excluding tert-OH is 1. The maximum atomic E-state index is 12.7. The average molecular weight is 474 g/mol. The highest BCUT2D eigenvalue weighted by Gasteiger charge is 2.28. The number of hydrogen-bond acceptors (Lipinski definition) is 6. The lowest BCUT2D eigenvalue weighted by atomic mass is 9.99. The van der Waals surface area contributed by atoms with Crippen LogP contribution in [0.2, 0.25) is 0 Å². The van der Waals surface area contributed by atoms with Gasteiger partial charge in [-0.3, -0.25) is 10.2 Å². The fourth-order valence-corrected chi connectivity index (χ4v) is 5.46. The number of urea groups is 1. The quantitative estimate of drug-likeness (QED) is 0.195. The van der Waals surface area contributed by atoms with E-state index in [1.54, 1.807) is 11.9 Å². The van der Waals surface area contributed by atoms with Gasteiger partial charge in [-0.2, -0.15) is 0 Å². The first-order valence-corrected chi connectivity index (χ1v) is 12.6. The molecule has 0 aromatic heterocycles. The molecule has 1 unspecified atom stereocenters. The van der Waals surface area contributed by atoms with Gasteiger partial charge < -0.3 is 25.2 Å². The lowest BCUT2D eigenvalue weighted by Crippen LogP contribution is -2.43. The topological polar surface area (TPSA) is 141 Å². The van der Waals surface area contributed by atoms with E-state index < -0.39 is 23.5 Å². The van der Waals surface area contributed by atoms with Crippen molar-refractivity contribution in [2.24, 2.45) is 0 Å². The molecule has 0 spiro atoms. The van der Waals surface area contributed by atoms with Crippen LogP contribution in [0.15, 0.2) is 17.8 Å². The van der Waals surface area contributed by atoms with Crippen molar-refractivity contribution >= 4 is 34.0 Å². The van der Waals surface area contributed by atoms with Gasteiger partial charge in [-0.25, -0.2) is 4.79 Å². The monoisotopic (exact) mass is 473 g/mol. The highest BCUT2D eigenvalue weighted by molar-refractivity contribution is 8.05. The van der Waals surface area contributed by atoms with E-state index in [1.807, 2.05) is 0 Å². The molecule has 2 aliphatic carbocycles. The molecule has 3 amide bonds. The number of aliphatic hydroxyl groups is 1. The number of nitrogens with one attached hydrogen (secondary N) is 4. The molecule has 10 heteroatoms. The van der Waals surface area contributed by atoms with E-state index >= 15 is 0 Å². The zero-order chi connectivity index (χ0) is 23.5. The molecule has 1 aromatic rings. The fraction of sp³-hybridized carbons (Fsp3) is 0.522. The molecule has 3 aliphatic rings. The predicted molar refractivity (Wildman–Crippen MR) is 127 cm³/mol. The standard InChI is InChI=1S/C23H31N5O4S/c1-25-19(22(30)28-10-8-16(29)9-11-28)13-20(24)33(32)27-23(31)26-21-17-6-2-4-14(17)12-15-5-3-7-18(15)21/h12-13,16,24-25,29H,2-11H2,1H3,(H2,26,27,31)/b19-13-,24-20?. The van der Waals surface area contributed by atoms with Crippen LogP contribution in [0.4, 0.5) is 10.5 Å². The summed E-state index contributed by atoms with van der Waals surface area (Å²) in [6.45, 7) is 0.837. The maximum absolute atomic E-state index is 12.7. The van der Waals surface area contributed by atoms with Gasteiger partial charge in [0.05, 0.1) is 6.10 Å². The summed E-state index contributed by atoms with van der Waals surface area (Å²) < 4.78 is 14.9. The summed E-state index contributed by atoms with van der Waals surface area (Å²) in [5.41, 5.74) is 5.86. The molecule has 1 aromatic carbocycles. The second-order valence-corrected chi connectivity index (χ2v) is 9.94. The van der Waals surface area contributed by atoms with Gasteiger partial charge in [0.15, 0.2) is 0 Å². The first-order chi connectivity index (χ1) is 15.9. The Morgan fingerprint density at radius 2 is 1.76 bits per heavy atom. The van der Waals surface area contributed by atoms with E-state index in [9.17, 15) is 19.2 Å². The van der Waals surface area contributed by atoms with Crippen LogP contribution in [0, 0.1) is 5.41 Å². The molecule has 0 saturated carbocycles. The number of carbonyl (C=O) groups is 2. The van der Waals surface area contributed by atoms with E-state index in [-0.39, 0.29) is 16.6 Å². The molecule has 4 rings (SSSR count). The number of benzene rings is 1. The predicted octanol–water partition coefficient (Wildman–Crippen LogP) is 1.51. The molecule has 1 atom stereocenters. The Morgan fingerprint density at radius 1 is 1.15 bits per heavy atom. The van der Waals surface area contributed by atoms with Crippen molar-refractivity contribution in [1.29, 1.82) is 5.41 Å². The third-order valence-corrected chi connectivity index (χ3v) is 7.51. The Bertz CT molecular complexity index is 955. The van der Waals surface area contributed by atoms with Gasteiger partial charge in [-0.1, -0.05) is 6.07 Å². The Morgan fingerprint density at radius 3 is 2.33 bits per heavy atom. The molecule has 1 saturated heterocycles. The molecule has 0 radical (unpaired) electrons. The van der Waals surface area contributed by atoms with Crippen LogP contribution in [0.1, 0.15) is 47.9 Å². The average Bonchev–Trinajstić information content (AvgIpc) is 3.46. The smallest absolute Gasteiger partial charge is 0.361 e. The molecule has 0 bridgehead atoms.